The highest BCUT2D eigenvalue weighted by Crippen LogP contribution is 2.26. The third-order valence-corrected chi connectivity index (χ3v) is 3.34. The summed E-state index contributed by atoms with van der Waals surface area (Å²) in [6.45, 7) is 1.96. The minimum Gasteiger partial charge on any atom is -0.301 e. The van der Waals surface area contributed by atoms with Crippen molar-refractivity contribution in [2.24, 2.45) is 0 Å². The van der Waals surface area contributed by atoms with Gasteiger partial charge in [-0.15, -0.1) is 0 Å². The molecule has 0 spiro atoms. The monoisotopic (exact) mass is 262 g/mol. The van der Waals surface area contributed by atoms with Crippen LogP contribution in [0.4, 0.5) is 0 Å². The molecule has 92 valence electrons. The van der Waals surface area contributed by atoms with Crippen molar-refractivity contribution >= 4 is 18.0 Å². The molecule has 18 heavy (non-hydrogen) atoms. The van der Waals surface area contributed by atoms with E-state index in [1.165, 1.54) is 11.8 Å². The second-order valence-corrected chi connectivity index (χ2v) is 4.77. The van der Waals surface area contributed by atoms with E-state index in [0.29, 0.717) is 6.29 Å². The molecule has 0 saturated carbocycles. The second-order valence-electron chi connectivity index (χ2n) is 3.68. The first-order chi connectivity index (χ1) is 8.60. The van der Waals surface area contributed by atoms with Gasteiger partial charge in [0.25, 0.3) is 5.56 Å². The minimum absolute atomic E-state index is 0.0693. The van der Waals surface area contributed by atoms with Gasteiger partial charge in [-0.1, -0.05) is 29.5 Å². The van der Waals surface area contributed by atoms with E-state index in [0.717, 1.165) is 10.5 Å². The van der Waals surface area contributed by atoms with Gasteiger partial charge in [-0.25, -0.2) is 4.79 Å². The van der Waals surface area contributed by atoms with Gasteiger partial charge in [0.05, 0.1) is 5.03 Å². The molecule has 6 heteroatoms. The SMILES string of the molecule is Cc1ccc(Sc2[nH]c(=O)[nH]c(=O)c2C=O)cc1. The van der Waals surface area contributed by atoms with Crippen LogP contribution in [0.15, 0.2) is 43.8 Å². The molecule has 1 aromatic heterocycles. The summed E-state index contributed by atoms with van der Waals surface area (Å²) in [6.07, 6.45) is 0.436. The van der Waals surface area contributed by atoms with E-state index in [2.05, 4.69) is 4.98 Å². The molecule has 0 atom stereocenters. The van der Waals surface area contributed by atoms with Crippen LogP contribution in [-0.2, 0) is 0 Å². The van der Waals surface area contributed by atoms with Crippen molar-refractivity contribution in [1.82, 2.24) is 9.97 Å². The van der Waals surface area contributed by atoms with Gasteiger partial charge < -0.3 is 4.98 Å². The number of H-pyrrole nitrogens is 2. The van der Waals surface area contributed by atoms with E-state index in [-0.39, 0.29) is 10.6 Å². The average molecular weight is 262 g/mol. The average Bonchev–Trinajstić information content (AvgIpc) is 2.32. The molecular formula is C12H10N2O3S. The lowest BCUT2D eigenvalue weighted by Crippen LogP contribution is -2.26. The third kappa shape index (κ3) is 2.60. The zero-order valence-electron chi connectivity index (χ0n) is 9.52. The van der Waals surface area contributed by atoms with Gasteiger partial charge >= 0.3 is 5.69 Å². The Labute approximate surface area is 106 Å². The Morgan fingerprint density at radius 2 is 1.78 bits per heavy atom. The number of rotatable bonds is 3. The van der Waals surface area contributed by atoms with Crippen LogP contribution in [0, 0.1) is 6.92 Å². The molecule has 0 unspecified atom stereocenters. The number of hydrogen-bond acceptors (Lipinski definition) is 4. The van der Waals surface area contributed by atoms with Gasteiger partial charge in [-0.05, 0) is 19.1 Å². The number of carbonyl (C=O) groups excluding carboxylic acids is 1. The Hall–Kier alpha value is -2.08. The zero-order chi connectivity index (χ0) is 13.1. The van der Waals surface area contributed by atoms with Crippen LogP contribution in [0.25, 0.3) is 0 Å². The van der Waals surface area contributed by atoms with Crippen molar-refractivity contribution < 1.29 is 4.79 Å². The highest BCUT2D eigenvalue weighted by Gasteiger charge is 2.09. The van der Waals surface area contributed by atoms with Crippen LogP contribution in [0.1, 0.15) is 15.9 Å². The lowest BCUT2D eigenvalue weighted by atomic mass is 10.2. The van der Waals surface area contributed by atoms with E-state index in [1.807, 2.05) is 36.2 Å². The van der Waals surface area contributed by atoms with Gasteiger partial charge in [-0.2, -0.15) is 0 Å². The molecule has 0 amide bonds. The third-order valence-electron chi connectivity index (χ3n) is 2.30. The Kier molecular flexibility index (Phi) is 3.47. The highest BCUT2D eigenvalue weighted by atomic mass is 32.2. The van der Waals surface area contributed by atoms with Crippen molar-refractivity contribution in [1.29, 1.82) is 0 Å². The zero-order valence-corrected chi connectivity index (χ0v) is 10.3. The summed E-state index contributed by atoms with van der Waals surface area (Å²) >= 11 is 1.17. The summed E-state index contributed by atoms with van der Waals surface area (Å²) < 4.78 is 0. The van der Waals surface area contributed by atoms with Gasteiger partial charge in [0.1, 0.15) is 5.56 Å². The molecule has 2 N–H and O–H groups in total. The predicted molar refractivity (Wildman–Crippen MR) is 68.4 cm³/mol. The van der Waals surface area contributed by atoms with E-state index >= 15 is 0 Å². The summed E-state index contributed by atoms with van der Waals surface area (Å²) in [5, 5.41) is 0.252. The lowest BCUT2D eigenvalue weighted by molar-refractivity contribution is 0.111. The van der Waals surface area contributed by atoms with E-state index in [9.17, 15) is 14.4 Å². The summed E-state index contributed by atoms with van der Waals surface area (Å²) in [7, 11) is 0. The molecule has 0 fully saturated rings. The fraction of sp³-hybridized carbons (Fsp3) is 0.0833. The fourth-order valence-electron chi connectivity index (χ4n) is 1.39. The summed E-state index contributed by atoms with van der Waals surface area (Å²) in [5.74, 6) is 0. The maximum atomic E-state index is 11.4. The molecule has 2 rings (SSSR count). The quantitative estimate of drug-likeness (QED) is 0.646. The molecule has 0 aliphatic heterocycles. The largest absolute Gasteiger partial charge is 0.326 e. The first-order valence-corrected chi connectivity index (χ1v) is 5.98. The molecule has 1 aromatic carbocycles. The number of aldehydes is 1. The van der Waals surface area contributed by atoms with Crippen molar-refractivity contribution in [2.75, 3.05) is 0 Å². The lowest BCUT2D eigenvalue weighted by Gasteiger charge is -2.03. The molecule has 0 radical (unpaired) electrons. The topological polar surface area (TPSA) is 82.8 Å². The van der Waals surface area contributed by atoms with Crippen LogP contribution in [0.5, 0.6) is 0 Å². The van der Waals surface area contributed by atoms with Crippen molar-refractivity contribution in [3.63, 3.8) is 0 Å². The molecule has 1 heterocycles. The molecule has 0 saturated heterocycles. The van der Waals surface area contributed by atoms with E-state index in [4.69, 9.17) is 0 Å². The molecule has 0 aliphatic rings. The first-order valence-electron chi connectivity index (χ1n) is 5.16. The van der Waals surface area contributed by atoms with E-state index < -0.39 is 11.2 Å². The Balaban J connectivity index is 2.45. The summed E-state index contributed by atoms with van der Waals surface area (Å²) in [5.41, 5.74) is -0.266. The van der Waals surface area contributed by atoms with Gasteiger partial charge in [-0.3, -0.25) is 14.6 Å². The summed E-state index contributed by atoms with van der Waals surface area (Å²) in [6, 6.07) is 7.53. The van der Waals surface area contributed by atoms with Crippen molar-refractivity contribution in [3.8, 4) is 0 Å². The molecule has 0 aliphatic carbocycles. The van der Waals surface area contributed by atoms with Crippen LogP contribution >= 0.6 is 11.8 Å². The second kappa shape index (κ2) is 5.05. The highest BCUT2D eigenvalue weighted by molar-refractivity contribution is 7.99. The normalized spacial score (nSPS) is 10.3. The fourth-order valence-corrected chi connectivity index (χ4v) is 2.29. The van der Waals surface area contributed by atoms with Crippen molar-refractivity contribution in [3.05, 3.63) is 56.2 Å². The number of aromatic nitrogens is 2. The maximum Gasteiger partial charge on any atom is 0.326 e. The number of carbonyl (C=O) groups is 1. The van der Waals surface area contributed by atoms with Gasteiger partial charge in [0.15, 0.2) is 6.29 Å². The first kappa shape index (κ1) is 12.4. The standard InChI is InChI=1S/C12H10N2O3S/c1-7-2-4-8(5-3-7)18-11-9(6-15)10(16)13-12(17)14-11/h2-6H,1H3,(H2,13,14,16,17). The van der Waals surface area contributed by atoms with Crippen molar-refractivity contribution in [2.45, 2.75) is 16.8 Å². The number of aryl methyl sites for hydroxylation is 1. The number of hydrogen-bond donors (Lipinski definition) is 2. The number of nitrogens with one attached hydrogen (secondary N) is 2. The minimum atomic E-state index is -0.677. The summed E-state index contributed by atoms with van der Waals surface area (Å²) in [4.78, 5) is 38.8. The van der Waals surface area contributed by atoms with Crippen LogP contribution in [0.3, 0.4) is 0 Å². The number of aromatic amines is 2. The Bertz CT molecular complexity index is 686. The number of benzene rings is 1. The smallest absolute Gasteiger partial charge is 0.301 e. The van der Waals surface area contributed by atoms with Crippen LogP contribution in [-0.4, -0.2) is 16.3 Å². The predicted octanol–water partition coefficient (Wildman–Crippen LogP) is 1.34. The van der Waals surface area contributed by atoms with Gasteiger partial charge in [0, 0.05) is 4.90 Å². The van der Waals surface area contributed by atoms with Crippen LogP contribution in [0.2, 0.25) is 0 Å². The Morgan fingerprint density at radius 1 is 1.11 bits per heavy atom. The maximum absolute atomic E-state index is 11.4. The van der Waals surface area contributed by atoms with E-state index in [1.54, 1.807) is 0 Å². The molecule has 2 aromatic rings. The molecule has 0 bridgehead atoms. The Morgan fingerprint density at radius 3 is 2.39 bits per heavy atom. The van der Waals surface area contributed by atoms with Gasteiger partial charge in [0.2, 0.25) is 0 Å². The van der Waals surface area contributed by atoms with Crippen LogP contribution < -0.4 is 11.2 Å². The molecule has 5 nitrogen and oxygen atoms in total. The molecular weight excluding hydrogens is 252 g/mol.